The van der Waals surface area contributed by atoms with Crippen molar-refractivity contribution in [2.75, 3.05) is 18.0 Å². The third-order valence-corrected chi connectivity index (χ3v) is 3.53. The van der Waals surface area contributed by atoms with Crippen molar-refractivity contribution in [3.63, 3.8) is 0 Å². The highest BCUT2D eigenvalue weighted by molar-refractivity contribution is 5.67. The predicted octanol–water partition coefficient (Wildman–Crippen LogP) is 3.40. The summed E-state index contributed by atoms with van der Waals surface area (Å²) >= 11 is 0. The van der Waals surface area contributed by atoms with Gasteiger partial charge in [-0.25, -0.2) is 0 Å². The molecule has 0 radical (unpaired) electrons. The molecule has 0 saturated carbocycles. The Hall–Kier alpha value is -1.72. The van der Waals surface area contributed by atoms with Gasteiger partial charge in [-0.2, -0.15) is 13.2 Å². The molecule has 2 rings (SSSR count). The number of hydrogen-bond acceptors (Lipinski definition) is 2. The highest BCUT2D eigenvalue weighted by Gasteiger charge is 2.35. The Kier molecular flexibility index (Phi) is 4.20. The zero-order chi connectivity index (χ0) is 14.8. The van der Waals surface area contributed by atoms with E-state index in [0.717, 1.165) is 12.5 Å². The van der Waals surface area contributed by atoms with Gasteiger partial charge in [-0.05, 0) is 30.9 Å². The van der Waals surface area contributed by atoms with Gasteiger partial charge < -0.3 is 10.0 Å². The molecule has 6 heteroatoms. The summed E-state index contributed by atoms with van der Waals surface area (Å²) in [5, 5.41) is 8.81. The predicted molar refractivity (Wildman–Crippen MR) is 68.6 cm³/mol. The molecule has 1 saturated heterocycles. The summed E-state index contributed by atoms with van der Waals surface area (Å²) in [6.07, 6.45) is -2.93. The molecule has 0 spiro atoms. The first-order valence-electron chi connectivity index (χ1n) is 6.51. The van der Waals surface area contributed by atoms with Crippen molar-refractivity contribution in [3.05, 3.63) is 29.8 Å². The number of halogens is 3. The molecule has 0 aromatic heterocycles. The van der Waals surface area contributed by atoms with Gasteiger partial charge in [0.2, 0.25) is 0 Å². The number of hydrogen-bond donors (Lipinski definition) is 1. The Morgan fingerprint density at radius 3 is 2.70 bits per heavy atom. The minimum atomic E-state index is -4.39. The van der Waals surface area contributed by atoms with Gasteiger partial charge in [0.05, 0.1) is 5.56 Å². The van der Waals surface area contributed by atoms with E-state index in [1.165, 1.54) is 12.1 Å². The van der Waals surface area contributed by atoms with Crippen LogP contribution in [0.3, 0.4) is 0 Å². The molecule has 1 fully saturated rings. The highest BCUT2D eigenvalue weighted by Crippen LogP contribution is 2.37. The van der Waals surface area contributed by atoms with Crippen molar-refractivity contribution >= 4 is 11.7 Å². The van der Waals surface area contributed by atoms with Crippen molar-refractivity contribution in [1.82, 2.24) is 0 Å². The van der Waals surface area contributed by atoms with Crippen molar-refractivity contribution in [2.24, 2.45) is 5.92 Å². The second kappa shape index (κ2) is 5.73. The molecule has 1 N–H and O–H groups in total. The summed E-state index contributed by atoms with van der Waals surface area (Å²) in [6, 6.07) is 5.46. The summed E-state index contributed by atoms with van der Waals surface area (Å²) in [5.41, 5.74) is -0.508. The van der Waals surface area contributed by atoms with Crippen molar-refractivity contribution < 1.29 is 23.1 Å². The number of para-hydroxylation sites is 1. The molecule has 0 amide bonds. The first-order chi connectivity index (χ1) is 9.38. The Balaban J connectivity index is 2.21. The monoisotopic (exact) mass is 287 g/mol. The number of nitrogens with zero attached hydrogens (tertiary/aromatic N) is 1. The number of aliphatic carboxylic acids is 1. The highest BCUT2D eigenvalue weighted by atomic mass is 19.4. The third-order valence-electron chi connectivity index (χ3n) is 3.53. The zero-order valence-corrected chi connectivity index (χ0v) is 10.9. The lowest BCUT2D eigenvalue weighted by Gasteiger charge is -2.35. The molecule has 3 nitrogen and oxygen atoms in total. The molecule has 1 unspecified atom stereocenters. The smallest absolute Gasteiger partial charge is 0.418 e. The number of carbonyl (C=O) groups is 1. The Labute approximate surface area is 115 Å². The molecule has 1 aliphatic rings. The van der Waals surface area contributed by atoms with Crippen LogP contribution in [0, 0.1) is 5.92 Å². The maximum absolute atomic E-state index is 13.0. The maximum atomic E-state index is 13.0. The van der Waals surface area contributed by atoms with E-state index in [0.29, 0.717) is 19.5 Å². The van der Waals surface area contributed by atoms with Crippen LogP contribution in [0.25, 0.3) is 0 Å². The molecule has 1 heterocycles. The third kappa shape index (κ3) is 3.43. The van der Waals surface area contributed by atoms with E-state index >= 15 is 0 Å². The summed E-state index contributed by atoms with van der Waals surface area (Å²) in [6.45, 7) is 0.891. The van der Waals surface area contributed by atoms with E-state index in [-0.39, 0.29) is 18.0 Å². The van der Waals surface area contributed by atoms with Gasteiger partial charge in [0.15, 0.2) is 0 Å². The van der Waals surface area contributed by atoms with Crippen molar-refractivity contribution in [3.8, 4) is 0 Å². The average Bonchev–Trinajstić information content (AvgIpc) is 2.37. The van der Waals surface area contributed by atoms with E-state index < -0.39 is 17.7 Å². The van der Waals surface area contributed by atoms with E-state index in [9.17, 15) is 18.0 Å². The molecular weight excluding hydrogens is 271 g/mol. The molecule has 0 bridgehead atoms. The Morgan fingerprint density at radius 1 is 1.35 bits per heavy atom. The lowest BCUT2D eigenvalue weighted by atomic mass is 9.94. The van der Waals surface area contributed by atoms with Crippen LogP contribution in [-0.2, 0) is 11.0 Å². The quantitative estimate of drug-likeness (QED) is 0.926. The van der Waals surface area contributed by atoms with E-state index in [2.05, 4.69) is 0 Å². The summed E-state index contributed by atoms with van der Waals surface area (Å²) in [7, 11) is 0. The van der Waals surface area contributed by atoms with E-state index in [4.69, 9.17) is 5.11 Å². The van der Waals surface area contributed by atoms with Crippen LogP contribution < -0.4 is 4.90 Å². The number of rotatable bonds is 3. The van der Waals surface area contributed by atoms with Crippen LogP contribution in [0.4, 0.5) is 18.9 Å². The van der Waals surface area contributed by atoms with Gasteiger partial charge in [0, 0.05) is 25.2 Å². The number of benzene rings is 1. The van der Waals surface area contributed by atoms with Gasteiger partial charge in [0.1, 0.15) is 0 Å². The number of carboxylic acid groups (broad SMARTS) is 1. The molecular formula is C14H16F3NO2. The van der Waals surface area contributed by atoms with Gasteiger partial charge in [-0.3, -0.25) is 4.79 Å². The van der Waals surface area contributed by atoms with Crippen LogP contribution in [0.15, 0.2) is 24.3 Å². The van der Waals surface area contributed by atoms with Crippen LogP contribution in [0.2, 0.25) is 0 Å². The number of alkyl halides is 3. The molecule has 20 heavy (non-hydrogen) atoms. The van der Waals surface area contributed by atoms with Crippen molar-refractivity contribution in [1.29, 1.82) is 0 Å². The lowest BCUT2D eigenvalue weighted by Crippen LogP contribution is -2.37. The summed E-state index contributed by atoms with van der Waals surface area (Å²) in [5.74, 6) is -0.997. The largest absolute Gasteiger partial charge is 0.481 e. The zero-order valence-electron chi connectivity index (χ0n) is 10.9. The molecule has 110 valence electrons. The second-order valence-electron chi connectivity index (χ2n) is 5.07. The van der Waals surface area contributed by atoms with Crippen LogP contribution in [0.1, 0.15) is 24.8 Å². The topological polar surface area (TPSA) is 40.5 Å². The van der Waals surface area contributed by atoms with Crippen LogP contribution in [-0.4, -0.2) is 24.2 Å². The fraction of sp³-hybridized carbons (Fsp3) is 0.500. The lowest BCUT2D eigenvalue weighted by molar-refractivity contribution is -0.139. The standard InChI is InChI=1S/C14H16F3NO2/c15-14(16,17)11-5-1-2-6-12(11)18-7-3-4-10(9-18)8-13(19)20/h1-2,5-6,10H,3-4,7-9H2,(H,19,20). The second-order valence-corrected chi connectivity index (χ2v) is 5.07. The molecule has 1 atom stereocenters. The molecule has 1 aromatic rings. The first-order valence-corrected chi connectivity index (χ1v) is 6.51. The minimum absolute atomic E-state index is 0.00465. The van der Waals surface area contributed by atoms with Gasteiger partial charge in [-0.1, -0.05) is 12.1 Å². The SMILES string of the molecule is O=C(O)CC1CCCN(c2ccccc2C(F)(F)F)C1. The molecule has 0 aliphatic carbocycles. The molecule has 1 aliphatic heterocycles. The normalized spacial score (nSPS) is 19.9. The molecule has 1 aromatic carbocycles. The average molecular weight is 287 g/mol. The van der Waals surface area contributed by atoms with Crippen molar-refractivity contribution in [2.45, 2.75) is 25.4 Å². The van der Waals surface area contributed by atoms with Gasteiger partial charge >= 0.3 is 12.1 Å². The fourth-order valence-corrected chi connectivity index (χ4v) is 2.69. The minimum Gasteiger partial charge on any atom is -0.481 e. The Morgan fingerprint density at radius 2 is 2.05 bits per heavy atom. The number of piperidine rings is 1. The van der Waals surface area contributed by atoms with Crippen LogP contribution in [0.5, 0.6) is 0 Å². The Bertz CT molecular complexity index is 488. The number of anilines is 1. The van der Waals surface area contributed by atoms with Gasteiger partial charge in [-0.15, -0.1) is 0 Å². The van der Waals surface area contributed by atoms with E-state index in [1.807, 2.05) is 0 Å². The van der Waals surface area contributed by atoms with Gasteiger partial charge in [0.25, 0.3) is 0 Å². The first kappa shape index (κ1) is 14.7. The summed E-state index contributed by atoms with van der Waals surface area (Å²) in [4.78, 5) is 12.4. The number of carboxylic acids is 1. The van der Waals surface area contributed by atoms with E-state index in [1.54, 1.807) is 11.0 Å². The fourth-order valence-electron chi connectivity index (χ4n) is 2.69. The maximum Gasteiger partial charge on any atom is 0.418 e. The van der Waals surface area contributed by atoms with Crippen LogP contribution >= 0.6 is 0 Å². The summed E-state index contributed by atoms with van der Waals surface area (Å²) < 4.78 is 39.0.